The predicted octanol–water partition coefficient (Wildman–Crippen LogP) is 3.11. The lowest BCUT2D eigenvalue weighted by atomic mass is 10.1. The highest BCUT2D eigenvalue weighted by atomic mass is 35.5. The molecule has 132 valence electrons. The van der Waals surface area contributed by atoms with Crippen LogP contribution in [0.4, 0.5) is 5.82 Å². The molecule has 1 aromatic carbocycles. The van der Waals surface area contributed by atoms with E-state index in [1.807, 2.05) is 42.5 Å². The third kappa shape index (κ3) is 5.26. The molecule has 1 amide bonds. The van der Waals surface area contributed by atoms with Crippen LogP contribution in [0, 0.1) is 0 Å². The molecule has 2 heterocycles. The molecule has 0 aliphatic carbocycles. The first-order valence-corrected chi connectivity index (χ1v) is 8.57. The molecule has 7 heteroatoms. The molecule has 0 radical (unpaired) electrons. The number of nitrogens with one attached hydrogen (secondary N) is 2. The number of aromatic nitrogens is 3. The third-order valence-electron chi connectivity index (χ3n) is 3.65. The van der Waals surface area contributed by atoms with Gasteiger partial charge in [0.2, 0.25) is 0 Å². The van der Waals surface area contributed by atoms with E-state index < -0.39 is 0 Å². The maximum atomic E-state index is 12.1. The molecule has 0 saturated carbocycles. The number of hydrogen-bond acceptors (Lipinski definition) is 5. The molecule has 3 aromatic rings. The fraction of sp³-hybridized carbons (Fsp3) is 0.158. The third-order valence-corrected chi connectivity index (χ3v) is 3.88. The van der Waals surface area contributed by atoms with Crippen molar-refractivity contribution in [2.45, 2.75) is 13.0 Å². The molecule has 26 heavy (non-hydrogen) atoms. The predicted molar refractivity (Wildman–Crippen MR) is 101 cm³/mol. The van der Waals surface area contributed by atoms with Crippen LogP contribution in [0.1, 0.15) is 21.7 Å². The first-order valence-electron chi connectivity index (χ1n) is 8.19. The normalized spacial score (nSPS) is 10.3. The Morgan fingerprint density at radius 3 is 2.69 bits per heavy atom. The van der Waals surface area contributed by atoms with Crippen LogP contribution in [-0.4, -0.2) is 27.4 Å². The van der Waals surface area contributed by atoms with Crippen LogP contribution in [0.5, 0.6) is 0 Å². The summed E-state index contributed by atoms with van der Waals surface area (Å²) in [7, 11) is 0. The molecule has 3 rings (SSSR count). The van der Waals surface area contributed by atoms with E-state index in [1.165, 1.54) is 12.4 Å². The topological polar surface area (TPSA) is 79.8 Å². The minimum Gasteiger partial charge on any atom is -0.363 e. The van der Waals surface area contributed by atoms with Crippen molar-refractivity contribution < 1.29 is 4.79 Å². The van der Waals surface area contributed by atoms with Crippen LogP contribution >= 0.6 is 11.6 Å². The van der Waals surface area contributed by atoms with E-state index in [1.54, 1.807) is 6.20 Å². The van der Waals surface area contributed by atoms with Crippen molar-refractivity contribution in [3.63, 3.8) is 0 Å². The zero-order valence-electron chi connectivity index (χ0n) is 14.0. The van der Waals surface area contributed by atoms with Gasteiger partial charge in [-0.15, -0.1) is 0 Å². The van der Waals surface area contributed by atoms with Gasteiger partial charge in [-0.1, -0.05) is 29.8 Å². The number of nitrogens with zero attached hydrogens (tertiary/aromatic N) is 3. The van der Waals surface area contributed by atoms with Crippen LogP contribution in [0.3, 0.4) is 0 Å². The number of halogens is 1. The van der Waals surface area contributed by atoms with Gasteiger partial charge in [0, 0.05) is 17.8 Å². The van der Waals surface area contributed by atoms with Crippen molar-refractivity contribution in [1.82, 2.24) is 20.3 Å². The summed E-state index contributed by atoms with van der Waals surface area (Å²) in [4.78, 5) is 24.7. The number of carbonyl (C=O) groups is 1. The fourth-order valence-corrected chi connectivity index (χ4v) is 2.54. The molecule has 0 aliphatic heterocycles. The second-order valence-corrected chi connectivity index (χ2v) is 6.03. The molecular weight excluding hydrogens is 350 g/mol. The number of amides is 1. The highest BCUT2D eigenvalue weighted by molar-refractivity contribution is 6.30. The minimum atomic E-state index is -0.254. The zero-order chi connectivity index (χ0) is 18.2. The smallest absolute Gasteiger partial charge is 0.271 e. The van der Waals surface area contributed by atoms with Crippen molar-refractivity contribution in [2.24, 2.45) is 0 Å². The molecule has 2 aromatic heterocycles. The molecule has 6 nitrogen and oxygen atoms in total. The van der Waals surface area contributed by atoms with Gasteiger partial charge in [-0.05, 0) is 36.2 Å². The van der Waals surface area contributed by atoms with Crippen LogP contribution in [0.25, 0.3) is 0 Å². The summed E-state index contributed by atoms with van der Waals surface area (Å²) >= 11 is 5.95. The Morgan fingerprint density at radius 1 is 1.04 bits per heavy atom. The maximum Gasteiger partial charge on any atom is 0.271 e. The van der Waals surface area contributed by atoms with Crippen LogP contribution in [-0.2, 0) is 13.0 Å². The minimum absolute atomic E-state index is 0.254. The molecule has 0 aliphatic rings. The monoisotopic (exact) mass is 367 g/mol. The summed E-state index contributed by atoms with van der Waals surface area (Å²) in [5.41, 5.74) is 2.24. The molecule has 0 unspecified atom stereocenters. The lowest BCUT2D eigenvalue weighted by molar-refractivity contribution is 0.0949. The summed E-state index contributed by atoms with van der Waals surface area (Å²) in [6.07, 6.45) is 5.42. The summed E-state index contributed by atoms with van der Waals surface area (Å²) in [6, 6.07) is 13.3. The molecular formula is C19H18ClN5O. The summed E-state index contributed by atoms with van der Waals surface area (Å²) < 4.78 is 0. The summed E-state index contributed by atoms with van der Waals surface area (Å²) in [5, 5.41) is 6.63. The van der Waals surface area contributed by atoms with Gasteiger partial charge in [0.15, 0.2) is 0 Å². The van der Waals surface area contributed by atoms with Crippen molar-refractivity contribution in [3.8, 4) is 0 Å². The van der Waals surface area contributed by atoms with Crippen molar-refractivity contribution >= 4 is 23.3 Å². The standard InChI is InChI=1S/C19H18ClN5O/c20-15-5-3-4-14(10-15)7-9-22-19(26)17-12-25-18(13-23-17)24-11-16-6-1-2-8-21-16/h1-6,8,10,12-13H,7,9,11H2,(H,22,26)(H,24,25). The first-order chi connectivity index (χ1) is 12.7. The van der Waals surface area contributed by atoms with Crippen molar-refractivity contribution in [1.29, 1.82) is 0 Å². The second-order valence-electron chi connectivity index (χ2n) is 5.60. The van der Waals surface area contributed by atoms with Gasteiger partial charge in [-0.25, -0.2) is 9.97 Å². The van der Waals surface area contributed by atoms with Crippen LogP contribution < -0.4 is 10.6 Å². The Kier molecular flexibility index (Phi) is 6.11. The van der Waals surface area contributed by atoms with Crippen LogP contribution in [0.15, 0.2) is 61.1 Å². The Hall–Kier alpha value is -2.99. The summed E-state index contributed by atoms with van der Waals surface area (Å²) in [5.74, 6) is 0.335. The zero-order valence-corrected chi connectivity index (χ0v) is 14.8. The molecule has 0 saturated heterocycles. The molecule has 0 fully saturated rings. The lowest BCUT2D eigenvalue weighted by Crippen LogP contribution is -2.26. The van der Waals surface area contributed by atoms with E-state index in [0.717, 1.165) is 11.3 Å². The summed E-state index contributed by atoms with van der Waals surface area (Å²) in [6.45, 7) is 1.04. The Balaban J connectivity index is 1.47. The number of benzene rings is 1. The van der Waals surface area contributed by atoms with E-state index >= 15 is 0 Å². The van der Waals surface area contributed by atoms with Gasteiger partial charge < -0.3 is 10.6 Å². The largest absolute Gasteiger partial charge is 0.363 e. The number of carbonyl (C=O) groups excluding carboxylic acids is 1. The average Bonchev–Trinajstić information content (AvgIpc) is 2.67. The highest BCUT2D eigenvalue weighted by Gasteiger charge is 2.07. The van der Waals surface area contributed by atoms with E-state index in [4.69, 9.17) is 11.6 Å². The van der Waals surface area contributed by atoms with Crippen molar-refractivity contribution in [2.75, 3.05) is 11.9 Å². The first kappa shape index (κ1) is 17.8. The Morgan fingerprint density at radius 2 is 1.96 bits per heavy atom. The van der Waals surface area contributed by atoms with E-state index in [-0.39, 0.29) is 11.6 Å². The van der Waals surface area contributed by atoms with Gasteiger partial charge >= 0.3 is 0 Å². The Labute approximate surface area is 156 Å². The van der Waals surface area contributed by atoms with Crippen LogP contribution in [0.2, 0.25) is 5.02 Å². The molecule has 0 bridgehead atoms. The number of anilines is 1. The molecule has 0 atom stereocenters. The number of hydrogen-bond donors (Lipinski definition) is 2. The maximum absolute atomic E-state index is 12.1. The SMILES string of the molecule is O=C(NCCc1cccc(Cl)c1)c1cnc(NCc2ccccn2)cn1. The average molecular weight is 368 g/mol. The van der Waals surface area contributed by atoms with Gasteiger partial charge in [-0.2, -0.15) is 0 Å². The highest BCUT2D eigenvalue weighted by Crippen LogP contribution is 2.10. The number of pyridine rings is 1. The van der Waals surface area contributed by atoms with E-state index in [9.17, 15) is 4.79 Å². The quantitative estimate of drug-likeness (QED) is 0.670. The second kappa shape index (κ2) is 8.92. The lowest BCUT2D eigenvalue weighted by Gasteiger charge is -2.07. The van der Waals surface area contributed by atoms with E-state index in [0.29, 0.717) is 30.4 Å². The van der Waals surface area contributed by atoms with Gasteiger partial charge in [0.05, 0.1) is 24.6 Å². The number of rotatable bonds is 7. The van der Waals surface area contributed by atoms with Gasteiger partial charge in [0.1, 0.15) is 11.5 Å². The molecule has 2 N–H and O–H groups in total. The van der Waals surface area contributed by atoms with E-state index in [2.05, 4.69) is 25.6 Å². The molecule has 0 spiro atoms. The van der Waals surface area contributed by atoms with Gasteiger partial charge in [0.25, 0.3) is 5.91 Å². The fourth-order valence-electron chi connectivity index (χ4n) is 2.32. The van der Waals surface area contributed by atoms with Crippen molar-refractivity contribution in [3.05, 3.63) is 83.0 Å². The Bertz CT molecular complexity index is 855. The van der Waals surface area contributed by atoms with Gasteiger partial charge in [-0.3, -0.25) is 9.78 Å².